The first kappa shape index (κ1) is 24.0. The van der Waals surface area contributed by atoms with Gasteiger partial charge in [-0.15, -0.1) is 11.3 Å². The maximum absolute atomic E-state index is 13.6. The number of nitrogens with one attached hydrogen (secondary N) is 1. The minimum Gasteiger partial charge on any atom is -0.324 e. The van der Waals surface area contributed by atoms with Crippen LogP contribution in [0, 0.1) is 13.8 Å². The summed E-state index contributed by atoms with van der Waals surface area (Å²) in [6, 6.07) is 13.0. The van der Waals surface area contributed by atoms with Gasteiger partial charge in [-0.05, 0) is 56.2 Å². The van der Waals surface area contributed by atoms with Crippen molar-refractivity contribution < 1.29 is 4.79 Å². The lowest BCUT2D eigenvalue weighted by molar-refractivity contribution is -0.113. The highest BCUT2D eigenvalue weighted by atomic mass is 79.9. The SMILES string of the molecule is CCc1sc2nc(SCC(=O)Nc3ccc(Br)cc3Cl)n(-c3ccc(C)cc3)c(=O)c2c1C. The van der Waals surface area contributed by atoms with Crippen LogP contribution in [0.3, 0.4) is 0 Å². The second-order valence-corrected chi connectivity index (χ2v) is 10.9. The normalized spacial score (nSPS) is 11.2. The summed E-state index contributed by atoms with van der Waals surface area (Å²) in [7, 11) is 0. The summed E-state index contributed by atoms with van der Waals surface area (Å²) in [6.07, 6.45) is 0.843. The number of hydrogen-bond acceptors (Lipinski definition) is 5. The van der Waals surface area contributed by atoms with E-state index in [0.717, 1.165) is 32.6 Å². The molecule has 2 aromatic heterocycles. The van der Waals surface area contributed by atoms with Crippen LogP contribution in [0.2, 0.25) is 5.02 Å². The van der Waals surface area contributed by atoms with Crippen LogP contribution in [-0.4, -0.2) is 21.2 Å². The zero-order chi connectivity index (χ0) is 23.7. The molecule has 0 radical (unpaired) electrons. The molecule has 2 aromatic carbocycles. The minimum atomic E-state index is -0.231. The lowest BCUT2D eigenvalue weighted by Crippen LogP contribution is -2.23. The van der Waals surface area contributed by atoms with Gasteiger partial charge in [-0.2, -0.15) is 0 Å². The molecule has 170 valence electrons. The fourth-order valence-electron chi connectivity index (χ4n) is 3.47. The summed E-state index contributed by atoms with van der Waals surface area (Å²) < 4.78 is 2.43. The first-order valence-corrected chi connectivity index (χ1v) is 13.3. The highest BCUT2D eigenvalue weighted by Gasteiger charge is 2.19. The number of aryl methyl sites for hydroxylation is 3. The molecule has 0 atom stereocenters. The van der Waals surface area contributed by atoms with Crippen LogP contribution in [-0.2, 0) is 11.2 Å². The smallest absolute Gasteiger partial charge is 0.267 e. The Labute approximate surface area is 213 Å². The van der Waals surface area contributed by atoms with Gasteiger partial charge in [0.1, 0.15) is 4.83 Å². The van der Waals surface area contributed by atoms with Crippen LogP contribution in [0.1, 0.15) is 22.9 Å². The minimum absolute atomic E-state index is 0.0845. The van der Waals surface area contributed by atoms with Crippen molar-refractivity contribution in [3.8, 4) is 5.69 Å². The maximum Gasteiger partial charge on any atom is 0.267 e. The van der Waals surface area contributed by atoms with Gasteiger partial charge in [0.15, 0.2) is 5.16 Å². The maximum atomic E-state index is 13.6. The number of halogens is 2. The molecule has 4 aromatic rings. The summed E-state index contributed by atoms with van der Waals surface area (Å²) in [5, 5.41) is 4.40. The molecule has 1 amide bonds. The van der Waals surface area contributed by atoms with Crippen LogP contribution in [0.15, 0.2) is 56.9 Å². The summed E-state index contributed by atoms with van der Waals surface area (Å²) in [6.45, 7) is 6.05. The molecule has 5 nitrogen and oxygen atoms in total. The van der Waals surface area contributed by atoms with E-state index in [4.69, 9.17) is 16.6 Å². The first-order valence-electron chi connectivity index (χ1n) is 10.3. The van der Waals surface area contributed by atoms with Crippen molar-refractivity contribution in [1.82, 2.24) is 9.55 Å². The third-order valence-corrected chi connectivity index (χ3v) is 8.26. The molecule has 0 saturated carbocycles. The molecule has 0 fully saturated rings. The second-order valence-electron chi connectivity index (χ2n) is 7.52. The van der Waals surface area contributed by atoms with E-state index >= 15 is 0 Å². The summed E-state index contributed by atoms with van der Waals surface area (Å²) in [4.78, 5) is 32.9. The lowest BCUT2D eigenvalue weighted by atomic mass is 10.2. The van der Waals surface area contributed by atoms with E-state index in [9.17, 15) is 9.59 Å². The van der Waals surface area contributed by atoms with Crippen LogP contribution in [0.4, 0.5) is 5.69 Å². The van der Waals surface area contributed by atoms with Gasteiger partial charge in [-0.25, -0.2) is 4.98 Å². The monoisotopic (exact) mass is 561 g/mol. The van der Waals surface area contributed by atoms with Crippen LogP contribution in [0.25, 0.3) is 15.9 Å². The van der Waals surface area contributed by atoms with Gasteiger partial charge >= 0.3 is 0 Å². The quantitative estimate of drug-likeness (QED) is 0.208. The highest BCUT2D eigenvalue weighted by molar-refractivity contribution is 9.10. The molecule has 2 heterocycles. The summed E-state index contributed by atoms with van der Waals surface area (Å²) in [5.41, 5.74) is 3.22. The molecule has 9 heteroatoms. The molecule has 0 saturated heterocycles. The standard InChI is InChI=1S/C24H21BrClN3O2S2/c1-4-19-14(3)21-22(33-19)28-24(29(23(21)31)16-8-5-13(2)6-9-16)32-12-20(30)27-18-10-7-15(25)11-17(18)26/h5-11H,4,12H2,1-3H3,(H,27,30). The number of carbonyl (C=O) groups is 1. The van der Waals surface area contributed by atoms with Crippen LogP contribution < -0.4 is 10.9 Å². The second kappa shape index (κ2) is 10.0. The molecule has 0 aliphatic carbocycles. The van der Waals surface area contributed by atoms with Crippen molar-refractivity contribution in [3.63, 3.8) is 0 Å². The van der Waals surface area contributed by atoms with Crippen molar-refractivity contribution in [2.75, 3.05) is 11.1 Å². The molecule has 33 heavy (non-hydrogen) atoms. The van der Waals surface area contributed by atoms with Gasteiger partial charge in [0.25, 0.3) is 5.56 Å². The fourth-order valence-corrected chi connectivity index (χ4v) is 6.16. The van der Waals surface area contributed by atoms with Crippen LogP contribution >= 0.6 is 50.6 Å². The van der Waals surface area contributed by atoms with E-state index in [1.54, 1.807) is 16.7 Å². The molecule has 1 N–H and O–H groups in total. The Morgan fingerprint density at radius 2 is 1.94 bits per heavy atom. The average Bonchev–Trinajstić information content (AvgIpc) is 3.11. The predicted octanol–water partition coefficient (Wildman–Crippen LogP) is 6.77. The Morgan fingerprint density at radius 3 is 2.61 bits per heavy atom. The zero-order valence-corrected chi connectivity index (χ0v) is 22.2. The van der Waals surface area contributed by atoms with Crippen molar-refractivity contribution in [2.24, 2.45) is 0 Å². The van der Waals surface area contributed by atoms with Gasteiger partial charge in [-0.3, -0.25) is 14.2 Å². The molecule has 0 unspecified atom stereocenters. The van der Waals surface area contributed by atoms with E-state index in [-0.39, 0.29) is 17.2 Å². The van der Waals surface area contributed by atoms with Gasteiger partial charge in [0, 0.05) is 9.35 Å². The number of hydrogen-bond donors (Lipinski definition) is 1. The number of amides is 1. The number of carbonyl (C=O) groups excluding carboxylic acids is 1. The van der Waals surface area contributed by atoms with Crippen LogP contribution in [0.5, 0.6) is 0 Å². The Kier molecular flexibility index (Phi) is 7.28. The molecule has 0 aliphatic heterocycles. The Balaban J connectivity index is 1.71. The number of anilines is 1. The Bertz CT molecular complexity index is 1410. The number of nitrogens with zero attached hydrogens (tertiary/aromatic N) is 2. The van der Waals surface area contributed by atoms with Gasteiger partial charge in [0.2, 0.25) is 5.91 Å². The highest BCUT2D eigenvalue weighted by Crippen LogP contribution is 2.31. The van der Waals surface area contributed by atoms with E-state index in [2.05, 4.69) is 28.2 Å². The molecule has 0 bridgehead atoms. The number of thiophene rings is 1. The molecule has 4 rings (SSSR count). The van der Waals surface area contributed by atoms with Gasteiger partial charge < -0.3 is 5.32 Å². The Morgan fingerprint density at radius 1 is 1.21 bits per heavy atom. The summed E-state index contributed by atoms with van der Waals surface area (Å²) >= 11 is 12.3. The lowest BCUT2D eigenvalue weighted by Gasteiger charge is -2.13. The van der Waals surface area contributed by atoms with Crippen molar-refractivity contribution >= 4 is 72.4 Å². The number of aromatic nitrogens is 2. The number of benzene rings is 2. The first-order chi connectivity index (χ1) is 15.8. The number of fused-ring (bicyclic) bond motifs is 1. The van der Waals surface area contributed by atoms with E-state index < -0.39 is 0 Å². The zero-order valence-electron chi connectivity index (χ0n) is 18.2. The molecular formula is C24H21BrClN3O2S2. The van der Waals surface area contributed by atoms with Crippen molar-refractivity contribution in [2.45, 2.75) is 32.3 Å². The molecule has 0 spiro atoms. The fraction of sp³-hybridized carbons (Fsp3) is 0.208. The van der Waals surface area contributed by atoms with Crippen molar-refractivity contribution in [3.05, 3.63) is 78.3 Å². The third-order valence-electron chi connectivity index (χ3n) is 5.18. The molecular weight excluding hydrogens is 542 g/mol. The van der Waals surface area contributed by atoms with Crippen molar-refractivity contribution in [1.29, 1.82) is 0 Å². The van der Waals surface area contributed by atoms with E-state index in [1.807, 2.05) is 44.2 Å². The largest absolute Gasteiger partial charge is 0.324 e. The third kappa shape index (κ3) is 5.04. The topological polar surface area (TPSA) is 64.0 Å². The van der Waals surface area contributed by atoms with E-state index in [1.165, 1.54) is 23.1 Å². The van der Waals surface area contributed by atoms with Gasteiger partial charge in [-0.1, -0.05) is 63.9 Å². The number of rotatable bonds is 6. The van der Waals surface area contributed by atoms with E-state index in [0.29, 0.717) is 26.1 Å². The van der Waals surface area contributed by atoms with Gasteiger partial charge in [0.05, 0.1) is 27.5 Å². The molecule has 0 aliphatic rings. The average molecular weight is 563 g/mol. The number of thioether (sulfide) groups is 1. The summed E-state index contributed by atoms with van der Waals surface area (Å²) in [5.74, 6) is -0.146. The predicted molar refractivity (Wildman–Crippen MR) is 143 cm³/mol. The Hall–Kier alpha value is -2.13.